The summed E-state index contributed by atoms with van der Waals surface area (Å²) in [5.41, 5.74) is 3.49. The number of nitrogens with one attached hydrogen (secondary N) is 1. The number of alkyl carbamates (subject to hydrolysis) is 1. The number of hydrogen-bond acceptors (Lipinski definition) is 4. The van der Waals surface area contributed by atoms with Crippen molar-refractivity contribution in [3.05, 3.63) is 59.7 Å². The third-order valence-corrected chi connectivity index (χ3v) is 7.35. The third kappa shape index (κ3) is 3.75. The van der Waals surface area contributed by atoms with Crippen molar-refractivity contribution in [1.29, 1.82) is 0 Å². The summed E-state index contributed by atoms with van der Waals surface area (Å²) in [6, 6.07) is 15.4. The molecule has 5 rings (SSSR count). The van der Waals surface area contributed by atoms with E-state index in [4.69, 9.17) is 4.74 Å². The molecule has 2 aromatic carbocycles. The van der Waals surface area contributed by atoms with Crippen molar-refractivity contribution in [1.82, 2.24) is 10.2 Å². The van der Waals surface area contributed by atoms with E-state index >= 15 is 0 Å². The molecule has 33 heavy (non-hydrogen) atoms. The van der Waals surface area contributed by atoms with Gasteiger partial charge in [-0.15, -0.1) is 0 Å². The van der Waals surface area contributed by atoms with E-state index in [0.29, 0.717) is 25.8 Å². The molecule has 2 amide bonds. The standard InChI is InChI=1S/C26H28N2O5/c29-23(30)22-12-5-6-15-28(22)24(31)26(13-7-14-26)27-25(32)33-16-21-19-10-3-1-8-17(19)18-9-2-4-11-20(18)21/h1-4,8-11,21-22H,5-7,12-16H2,(H,27,32)(H,29,30)/t22-/m0/s1. The summed E-state index contributed by atoms with van der Waals surface area (Å²) in [7, 11) is 0. The molecule has 172 valence electrons. The lowest BCUT2D eigenvalue weighted by Crippen LogP contribution is -2.66. The zero-order valence-corrected chi connectivity index (χ0v) is 18.5. The van der Waals surface area contributed by atoms with Gasteiger partial charge in [0, 0.05) is 12.5 Å². The molecule has 1 atom stereocenters. The van der Waals surface area contributed by atoms with Crippen LogP contribution in [0.5, 0.6) is 0 Å². The quantitative estimate of drug-likeness (QED) is 0.723. The molecular formula is C26H28N2O5. The van der Waals surface area contributed by atoms with Crippen LogP contribution in [-0.4, -0.2) is 52.7 Å². The van der Waals surface area contributed by atoms with Crippen molar-refractivity contribution in [2.45, 2.75) is 56.0 Å². The van der Waals surface area contributed by atoms with E-state index in [1.165, 1.54) is 4.90 Å². The van der Waals surface area contributed by atoms with E-state index in [0.717, 1.165) is 41.5 Å². The molecule has 0 aromatic heterocycles. The van der Waals surface area contributed by atoms with Gasteiger partial charge in [-0.1, -0.05) is 48.5 Å². The first-order valence-corrected chi connectivity index (χ1v) is 11.7. The maximum Gasteiger partial charge on any atom is 0.408 e. The van der Waals surface area contributed by atoms with Gasteiger partial charge in [0.2, 0.25) is 5.91 Å². The number of carboxylic acid groups (broad SMARTS) is 1. The number of amides is 2. The van der Waals surface area contributed by atoms with Gasteiger partial charge in [0.15, 0.2) is 0 Å². The highest BCUT2D eigenvalue weighted by atomic mass is 16.5. The Morgan fingerprint density at radius 1 is 0.970 bits per heavy atom. The second-order valence-corrected chi connectivity index (χ2v) is 9.23. The van der Waals surface area contributed by atoms with Gasteiger partial charge in [-0.05, 0) is 60.8 Å². The Hall–Kier alpha value is -3.35. The van der Waals surface area contributed by atoms with Gasteiger partial charge in [-0.2, -0.15) is 0 Å². The van der Waals surface area contributed by atoms with Crippen molar-refractivity contribution in [2.24, 2.45) is 0 Å². The molecule has 7 nitrogen and oxygen atoms in total. The first-order chi connectivity index (χ1) is 16.0. The van der Waals surface area contributed by atoms with Crippen molar-refractivity contribution in [3.63, 3.8) is 0 Å². The summed E-state index contributed by atoms with van der Waals surface area (Å²) in [5, 5.41) is 12.4. The molecule has 0 unspecified atom stereocenters. The number of ether oxygens (including phenoxy) is 1. The monoisotopic (exact) mass is 448 g/mol. The van der Waals surface area contributed by atoms with E-state index in [1.54, 1.807) is 0 Å². The predicted molar refractivity (Wildman–Crippen MR) is 122 cm³/mol. The van der Waals surface area contributed by atoms with Crippen LogP contribution in [0.2, 0.25) is 0 Å². The summed E-state index contributed by atoms with van der Waals surface area (Å²) in [5.74, 6) is -1.34. The van der Waals surface area contributed by atoms with E-state index in [-0.39, 0.29) is 18.4 Å². The molecule has 2 aliphatic carbocycles. The number of carboxylic acids is 1. The number of aliphatic carboxylic acids is 1. The van der Waals surface area contributed by atoms with Crippen LogP contribution < -0.4 is 5.32 Å². The zero-order chi connectivity index (χ0) is 23.0. The Balaban J connectivity index is 1.28. The average Bonchev–Trinajstić information content (AvgIpc) is 3.13. The smallest absolute Gasteiger partial charge is 0.408 e. The normalized spacial score (nSPS) is 20.8. The van der Waals surface area contributed by atoms with Crippen LogP contribution >= 0.6 is 0 Å². The minimum absolute atomic E-state index is 0.0605. The van der Waals surface area contributed by atoms with Gasteiger partial charge < -0.3 is 20.1 Å². The van der Waals surface area contributed by atoms with Crippen molar-refractivity contribution in [2.75, 3.05) is 13.2 Å². The van der Waals surface area contributed by atoms with Gasteiger partial charge in [0.05, 0.1) is 0 Å². The second-order valence-electron chi connectivity index (χ2n) is 9.23. The maximum absolute atomic E-state index is 13.3. The van der Waals surface area contributed by atoms with Crippen LogP contribution in [-0.2, 0) is 14.3 Å². The van der Waals surface area contributed by atoms with Crippen LogP contribution in [0.1, 0.15) is 55.6 Å². The number of fused-ring (bicyclic) bond motifs is 3. The van der Waals surface area contributed by atoms with Crippen LogP contribution in [0, 0.1) is 0 Å². The van der Waals surface area contributed by atoms with Gasteiger partial charge in [-0.3, -0.25) is 4.79 Å². The number of hydrogen-bond donors (Lipinski definition) is 2. The lowest BCUT2D eigenvalue weighted by Gasteiger charge is -2.46. The lowest BCUT2D eigenvalue weighted by molar-refractivity contribution is -0.157. The molecule has 1 aliphatic heterocycles. The number of piperidine rings is 1. The van der Waals surface area contributed by atoms with Crippen molar-refractivity contribution >= 4 is 18.0 Å². The Kier molecular flexibility index (Phi) is 5.56. The van der Waals surface area contributed by atoms with Crippen molar-refractivity contribution in [3.8, 4) is 11.1 Å². The number of likely N-dealkylation sites (tertiary alicyclic amines) is 1. The minimum Gasteiger partial charge on any atom is -0.480 e. The highest BCUT2D eigenvalue weighted by Crippen LogP contribution is 2.44. The summed E-state index contributed by atoms with van der Waals surface area (Å²) in [6.07, 6.45) is 3.18. The fraction of sp³-hybridized carbons (Fsp3) is 0.423. The Morgan fingerprint density at radius 3 is 2.18 bits per heavy atom. The topological polar surface area (TPSA) is 95.9 Å². The van der Waals surface area contributed by atoms with E-state index < -0.39 is 23.6 Å². The third-order valence-electron chi connectivity index (χ3n) is 7.35. The van der Waals surface area contributed by atoms with Crippen LogP contribution in [0.4, 0.5) is 4.79 Å². The van der Waals surface area contributed by atoms with Gasteiger partial charge in [0.1, 0.15) is 18.2 Å². The number of nitrogens with zero attached hydrogens (tertiary/aromatic N) is 1. The Labute approximate surface area is 192 Å². The molecule has 7 heteroatoms. The largest absolute Gasteiger partial charge is 0.480 e. The maximum atomic E-state index is 13.3. The SMILES string of the molecule is O=C(NC1(C(=O)N2CCCC[C@H]2C(=O)O)CCC1)OCC1c2ccccc2-c2ccccc21. The Morgan fingerprint density at radius 2 is 1.61 bits per heavy atom. The number of carbonyl (C=O) groups excluding carboxylic acids is 2. The molecule has 0 bridgehead atoms. The lowest BCUT2D eigenvalue weighted by atomic mass is 9.75. The summed E-state index contributed by atoms with van der Waals surface area (Å²) >= 11 is 0. The first-order valence-electron chi connectivity index (χ1n) is 11.7. The number of rotatable bonds is 5. The number of carbonyl (C=O) groups is 3. The molecule has 2 aromatic rings. The summed E-state index contributed by atoms with van der Waals surface area (Å²) in [6.45, 7) is 0.579. The number of benzene rings is 2. The van der Waals surface area contributed by atoms with E-state index in [1.807, 2.05) is 24.3 Å². The van der Waals surface area contributed by atoms with Crippen LogP contribution in [0.15, 0.2) is 48.5 Å². The fourth-order valence-corrected chi connectivity index (χ4v) is 5.46. The molecule has 3 aliphatic rings. The fourth-order valence-electron chi connectivity index (χ4n) is 5.46. The molecule has 2 fully saturated rings. The molecule has 0 radical (unpaired) electrons. The van der Waals surface area contributed by atoms with E-state index in [9.17, 15) is 19.5 Å². The van der Waals surface area contributed by atoms with Gasteiger partial charge in [-0.25, -0.2) is 9.59 Å². The van der Waals surface area contributed by atoms with Crippen molar-refractivity contribution < 1.29 is 24.2 Å². The highest BCUT2D eigenvalue weighted by molar-refractivity contribution is 5.93. The summed E-state index contributed by atoms with van der Waals surface area (Å²) < 4.78 is 5.65. The Bertz CT molecular complexity index is 1050. The first kappa shape index (κ1) is 21.5. The van der Waals surface area contributed by atoms with Crippen LogP contribution in [0.3, 0.4) is 0 Å². The second kappa shape index (κ2) is 8.54. The zero-order valence-electron chi connectivity index (χ0n) is 18.5. The molecule has 1 heterocycles. The molecular weight excluding hydrogens is 420 g/mol. The van der Waals surface area contributed by atoms with E-state index in [2.05, 4.69) is 29.6 Å². The molecule has 0 spiro atoms. The highest BCUT2D eigenvalue weighted by Gasteiger charge is 2.50. The van der Waals surface area contributed by atoms with Crippen LogP contribution in [0.25, 0.3) is 11.1 Å². The molecule has 1 saturated heterocycles. The van der Waals surface area contributed by atoms with Gasteiger partial charge >= 0.3 is 12.1 Å². The molecule has 2 N–H and O–H groups in total. The average molecular weight is 449 g/mol. The summed E-state index contributed by atoms with van der Waals surface area (Å²) in [4.78, 5) is 39.3. The molecule has 1 saturated carbocycles. The van der Waals surface area contributed by atoms with Gasteiger partial charge in [0.25, 0.3) is 0 Å². The predicted octanol–water partition coefficient (Wildman–Crippen LogP) is 3.91. The minimum atomic E-state index is -1.06.